The van der Waals surface area contributed by atoms with Crippen LogP contribution in [0.3, 0.4) is 0 Å². The van der Waals surface area contributed by atoms with Crippen LogP contribution >= 0.6 is 15.9 Å². The molecule has 1 heterocycles. The Morgan fingerprint density at radius 3 is 2.59 bits per heavy atom. The van der Waals surface area contributed by atoms with Crippen LogP contribution in [0.1, 0.15) is 11.5 Å². The maximum Gasteiger partial charge on any atom is 0.284 e. The van der Waals surface area contributed by atoms with Crippen LogP contribution in [0.5, 0.6) is 0 Å². The van der Waals surface area contributed by atoms with E-state index in [1.165, 1.54) is 16.3 Å². The van der Waals surface area contributed by atoms with Gasteiger partial charge >= 0.3 is 0 Å². The molecule has 0 aliphatic carbocycles. The van der Waals surface area contributed by atoms with Gasteiger partial charge < -0.3 is 4.42 Å². The second-order valence-corrected chi connectivity index (χ2v) is 4.49. The minimum atomic E-state index is 0.424. The van der Waals surface area contributed by atoms with Gasteiger partial charge in [0.25, 0.3) is 4.80 Å². The van der Waals surface area contributed by atoms with E-state index in [1.807, 2.05) is 12.1 Å². The molecule has 0 saturated carbocycles. The number of nitrogens with zero attached hydrogens (tertiary/aromatic N) is 2. The Kier molecular flexibility index (Phi) is 2.65. The van der Waals surface area contributed by atoms with Gasteiger partial charge in [0.15, 0.2) is 0 Å². The molecular weight excluding hydrogens is 280 g/mol. The predicted octanol–water partition coefficient (Wildman–Crippen LogP) is 3.58. The van der Waals surface area contributed by atoms with Crippen molar-refractivity contribution in [3.05, 3.63) is 58.7 Å². The first-order valence-corrected chi connectivity index (χ1v) is 6.06. The summed E-state index contributed by atoms with van der Waals surface area (Å²) in [6.45, 7) is 0. The fourth-order valence-corrected chi connectivity index (χ4v) is 2.09. The molecule has 1 aromatic heterocycles. The number of halogens is 1. The van der Waals surface area contributed by atoms with Crippen molar-refractivity contribution in [1.82, 2.24) is 10.2 Å². The highest BCUT2D eigenvalue weighted by Crippen LogP contribution is 2.18. The summed E-state index contributed by atoms with van der Waals surface area (Å²) in [5.74, 6) is 0.618. The predicted molar refractivity (Wildman–Crippen MR) is 68.8 cm³/mol. The summed E-state index contributed by atoms with van der Waals surface area (Å²) in [6, 6.07) is 14.6. The first-order valence-electron chi connectivity index (χ1n) is 5.27. The highest BCUT2D eigenvalue weighted by molar-refractivity contribution is 9.10. The van der Waals surface area contributed by atoms with E-state index in [9.17, 15) is 0 Å². The van der Waals surface area contributed by atoms with E-state index >= 15 is 0 Å². The van der Waals surface area contributed by atoms with Gasteiger partial charge in [0.05, 0.1) is 6.42 Å². The lowest BCUT2D eigenvalue weighted by molar-refractivity contribution is 0.482. The first-order chi connectivity index (χ1) is 8.31. The molecule has 0 N–H and O–H groups in total. The lowest BCUT2D eigenvalue weighted by atomic mass is 10.1. The largest absolute Gasteiger partial charge is 0.415 e. The third-order valence-corrected chi connectivity index (χ3v) is 2.93. The quantitative estimate of drug-likeness (QED) is 0.724. The minimum Gasteiger partial charge on any atom is -0.415 e. The van der Waals surface area contributed by atoms with Crippen molar-refractivity contribution in [2.45, 2.75) is 6.42 Å². The molecule has 0 radical (unpaired) electrons. The fraction of sp³-hybridized carbons (Fsp3) is 0.0769. The van der Waals surface area contributed by atoms with Crippen LogP contribution in [0.15, 0.2) is 51.7 Å². The Hall–Kier alpha value is -1.68. The van der Waals surface area contributed by atoms with Crippen molar-refractivity contribution < 1.29 is 4.42 Å². The van der Waals surface area contributed by atoms with Gasteiger partial charge in [-0.3, -0.25) is 0 Å². The van der Waals surface area contributed by atoms with Crippen molar-refractivity contribution in [2.75, 3.05) is 0 Å². The van der Waals surface area contributed by atoms with Crippen LogP contribution in [-0.2, 0) is 6.42 Å². The van der Waals surface area contributed by atoms with Crippen molar-refractivity contribution in [2.24, 2.45) is 0 Å². The van der Waals surface area contributed by atoms with Crippen molar-refractivity contribution in [3.63, 3.8) is 0 Å². The summed E-state index contributed by atoms with van der Waals surface area (Å²) in [7, 11) is 0. The topological polar surface area (TPSA) is 38.9 Å². The van der Waals surface area contributed by atoms with Gasteiger partial charge in [-0.1, -0.05) is 42.5 Å². The molecule has 0 unspecified atom stereocenters. The maximum atomic E-state index is 5.29. The molecule has 0 atom stereocenters. The van der Waals surface area contributed by atoms with Gasteiger partial charge in [-0.2, -0.15) is 0 Å². The highest BCUT2D eigenvalue weighted by atomic mass is 79.9. The van der Waals surface area contributed by atoms with E-state index < -0.39 is 0 Å². The van der Waals surface area contributed by atoms with Gasteiger partial charge in [-0.15, -0.1) is 10.2 Å². The molecule has 0 aliphatic heterocycles. The second-order valence-electron chi connectivity index (χ2n) is 3.81. The average molecular weight is 289 g/mol. The molecule has 17 heavy (non-hydrogen) atoms. The van der Waals surface area contributed by atoms with E-state index in [-0.39, 0.29) is 0 Å². The third-order valence-electron chi connectivity index (χ3n) is 2.61. The van der Waals surface area contributed by atoms with Crippen LogP contribution in [0.4, 0.5) is 0 Å². The zero-order valence-electron chi connectivity index (χ0n) is 8.93. The number of aromatic nitrogens is 2. The molecule has 3 rings (SSSR count). The van der Waals surface area contributed by atoms with Crippen LogP contribution in [-0.4, -0.2) is 10.2 Å². The summed E-state index contributed by atoms with van der Waals surface area (Å²) in [5, 5.41) is 10.2. The maximum absolute atomic E-state index is 5.29. The summed E-state index contributed by atoms with van der Waals surface area (Å²) in [4.78, 5) is 0.424. The Labute approximate surface area is 107 Å². The van der Waals surface area contributed by atoms with Crippen LogP contribution in [0.25, 0.3) is 10.8 Å². The molecule has 3 nitrogen and oxygen atoms in total. The average Bonchev–Trinajstić information content (AvgIpc) is 2.75. The third kappa shape index (κ3) is 2.22. The molecule has 0 bridgehead atoms. The van der Waals surface area contributed by atoms with E-state index in [4.69, 9.17) is 4.42 Å². The zero-order valence-corrected chi connectivity index (χ0v) is 10.5. The monoisotopic (exact) mass is 288 g/mol. The number of hydrogen-bond acceptors (Lipinski definition) is 3. The van der Waals surface area contributed by atoms with E-state index in [2.05, 4.69) is 56.5 Å². The number of rotatable bonds is 2. The lowest BCUT2D eigenvalue weighted by Crippen LogP contribution is -1.88. The molecule has 0 spiro atoms. The van der Waals surface area contributed by atoms with E-state index in [0.29, 0.717) is 17.1 Å². The molecule has 3 aromatic rings. The first kappa shape index (κ1) is 10.5. The molecule has 2 aromatic carbocycles. The number of fused-ring (bicyclic) bond motifs is 1. The highest BCUT2D eigenvalue weighted by Gasteiger charge is 2.05. The van der Waals surface area contributed by atoms with Crippen molar-refractivity contribution in [1.29, 1.82) is 0 Å². The summed E-state index contributed by atoms with van der Waals surface area (Å²) < 4.78 is 5.29. The van der Waals surface area contributed by atoms with Gasteiger partial charge in [-0.25, -0.2) is 0 Å². The Morgan fingerprint density at radius 2 is 1.82 bits per heavy atom. The van der Waals surface area contributed by atoms with Crippen LogP contribution in [0.2, 0.25) is 0 Å². The number of hydrogen-bond donors (Lipinski definition) is 0. The Balaban J connectivity index is 1.95. The summed E-state index contributed by atoms with van der Waals surface area (Å²) in [5.41, 5.74) is 1.17. The molecule has 0 fully saturated rings. The van der Waals surface area contributed by atoms with Gasteiger partial charge in [0.2, 0.25) is 5.89 Å². The minimum absolute atomic E-state index is 0.424. The summed E-state index contributed by atoms with van der Waals surface area (Å²) in [6.07, 6.45) is 0.656. The molecule has 0 amide bonds. The Morgan fingerprint density at radius 1 is 1.00 bits per heavy atom. The second kappa shape index (κ2) is 4.30. The van der Waals surface area contributed by atoms with Crippen molar-refractivity contribution in [3.8, 4) is 0 Å². The molecule has 0 aliphatic rings. The van der Waals surface area contributed by atoms with E-state index in [1.54, 1.807) is 0 Å². The van der Waals surface area contributed by atoms with Gasteiger partial charge in [0, 0.05) is 15.9 Å². The zero-order chi connectivity index (χ0) is 11.7. The molecule has 4 heteroatoms. The van der Waals surface area contributed by atoms with Crippen LogP contribution in [0, 0.1) is 0 Å². The number of benzene rings is 2. The van der Waals surface area contributed by atoms with Crippen molar-refractivity contribution >= 4 is 26.7 Å². The molecular formula is C13H9BrN2O. The standard InChI is InChI=1S/C13H9BrN2O/c14-13-16-15-12(17-13)8-9-5-6-10-3-1-2-4-11(10)7-9/h1-7H,8H2. The van der Waals surface area contributed by atoms with E-state index in [0.717, 1.165) is 0 Å². The SMILES string of the molecule is Brc1nnc(Cc2ccc3ccccc3c2)o1. The molecule has 0 saturated heterocycles. The Bertz CT molecular complexity index is 663. The smallest absolute Gasteiger partial charge is 0.284 e. The lowest BCUT2D eigenvalue weighted by Gasteiger charge is -2.00. The molecule has 84 valence electrons. The van der Waals surface area contributed by atoms with Crippen LogP contribution < -0.4 is 0 Å². The van der Waals surface area contributed by atoms with Gasteiger partial charge in [-0.05, 0) is 16.3 Å². The normalized spacial score (nSPS) is 10.9. The van der Waals surface area contributed by atoms with Gasteiger partial charge in [0.1, 0.15) is 0 Å². The summed E-state index contributed by atoms with van der Waals surface area (Å²) >= 11 is 3.14. The fourth-order valence-electron chi connectivity index (χ4n) is 1.83.